The zero-order valence-corrected chi connectivity index (χ0v) is 20.0. The number of nitrogens with one attached hydrogen (secondary N) is 2. The maximum absolute atomic E-state index is 12.5. The van der Waals surface area contributed by atoms with Gasteiger partial charge in [0.05, 0.1) is 7.11 Å². The van der Waals surface area contributed by atoms with E-state index in [0.717, 1.165) is 22.3 Å². The molecule has 0 heterocycles. The Morgan fingerprint density at radius 2 is 1.66 bits per heavy atom. The normalized spacial score (nSPS) is 12.6. The number of rotatable bonds is 12. The molecular weight excluding hydrogens is 444 g/mol. The molecule has 2 aromatic carbocycles. The second-order valence-electron chi connectivity index (χ2n) is 8.45. The number of methoxy groups -OCH3 is 1. The fraction of sp³-hybridized carbons (Fsp3) is 0.393. The number of fused-ring (bicyclic) bond motifs is 3. The van der Waals surface area contributed by atoms with Gasteiger partial charge in [0.15, 0.2) is 0 Å². The van der Waals surface area contributed by atoms with Crippen molar-refractivity contribution in [2.45, 2.75) is 50.5 Å². The van der Waals surface area contributed by atoms with Gasteiger partial charge in [0, 0.05) is 25.3 Å². The topological polar surface area (TPSA) is 93.7 Å². The molecular formula is C28H32N2O5. The van der Waals surface area contributed by atoms with Gasteiger partial charge in [-0.1, -0.05) is 48.5 Å². The number of benzene rings is 2. The van der Waals surface area contributed by atoms with Crippen molar-refractivity contribution in [3.8, 4) is 23.5 Å². The van der Waals surface area contributed by atoms with Gasteiger partial charge in [-0.2, -0.15) is 0 Å². The summed E-state index contributed by atoms with van der Waals surface area (Å²) in [6.45, 7) is 0.660. The first kappa shape index (κ1) is 25.8. The average molecular weight is 477 g/mol. The molecule has 0 fully saturated rings. The summed E-state index contributed by atoms with van der Waals surface area (Å²) in [5.74, 6) is 1.88. The number of amides is 2. The molecule has 2 amide bonds. The summed E-state index contributed by atoms with van der Waals surface area (Å²) in [5.41, 5.74) is 4.53. The van der Waals surface area contributed by atoms with Crippen LogP contribution in [0.15, 0.2) is 48.5 Å². The summed E-state index contributed by atoms with van der Waals surface area (Å²) in [7, 11) is 1.28. The van der Waals surface area contributed by atoms with E-state index < -0.39 is 18.1 Å². The number of hydrogen-bond acceptors (Lipinski definition) is 5. The van der Waals surface area contributed by atoms with Crippen LogP contribution in [-0.2, 0) is 19.1 Å². The molecule has 1 aliphatic carbocycles. The van der Waals surface area contributed by atoms with Crippen LogP contribution in [0.25, 0.3) is 11.1 Å². The van der Waals surface area contributed by atoms with Crippen LogP contribution in [0, 0.1) is 12.3 Å². The van der Waals surface area contributed by atoms with E-state index in [1.807, 2.05) is 36.4 Å². The largest absolute Gasteiger partial charge is 0.467 e. The van der Waals surface area contributed by atoms with Crippen LogP contribution in [0.2, 0.25) is 0 Å². The molecule has 184 valence electrons. The van der Waals surface area contributed by atoms with Gasteiger partial charge >= 0.3 is 12.1 Å². The number of carbonyl (C=O) groups is 3. The quantitative estimate of drug-likeness (QED) is 0.273. The Labute approximate surface area is 206 Å². The molecule has 1 aliphatic rings. The van der Waals surface area contributed by atoms with Crippen molar-refractivity contribution in [2.75, 3.05) is 20.3 Å². The minimum absolute atomic E-state index is 0.0402. The van der Waals surface area contributed by atoms with Gasteiger partial charge in [-0.25, -0.2) is 9.59 Å². The highest BCUT2D eigenvalue weighted by Crippen LogP contribution is 2.44. The zero-order valence-electron chi connectivity index (χ0n) is 20.0. The molecule has 0 spiro atoms. The molecule has 0 bridgehead atoms. The first-order valence-corrected chi connectivity index (χ1v) is 11.9. The molecule has 0 aromatic heterocycles. The predicted molar refractivity (Wildman–Crippen MR) is 134 cm³/mol. The lowest BCUT2D eigenvalue weighted by Crippen LogP contribution is -2.42. The summed E-state index contributed by atoms with van der Waals surface area (Å²) in [5, 5.41) is 5.46. The number of carbonyl (C=O) groups excluding carboxylic acids is 3. The van der Waals surface area contributed by atoms with Crippen molar-refractivity contribution in [3.63, 3.8) is 0 Å². The SMILES string of the molecule is C#CCCCC(=O)NCCCCC(NC(=O)OCC1c2ccccc2-c2ccccc21)C(=O)OC. The van der Waals surface area contributed by atoms with Crippen LogP contribution in [0.1, 0.15) is 55.6 Å². The van der Waals surface area contributed by atoms with Crippen molar-refractivity contribution < 1.29 is 23.9 Å². The van der Waals surface area contributed by atoms with Crippen LogP contribution in [0.4, 0.5) is 4.79 Å². The molecule has 7 heteroatoms. The smallest absolute Gasteiger partial charge is 0.407 e. The number of alkyl carbamates (subject to hydrolysis) is 1. The van der Waals surface area contributed by atoms with Gasteiger partial charge < -0.3 is 20.1 Å². The zero-order chi connectivity index (χ0) is 25.0. The Bertz CT molecular complexity index is 1030. The monoisotopic (exact) mass is 476 g/mol. The van der Waals surface area contributed by atoms with Crippen molar-refractivity contribution in [3.05, 3.63) is 59.7 Å². The Kier molecular flexibility index (Phi) is 9.73. The lowest BCUT2D eigenvalue weighted by Gasteiger charge is -2.18. The van der Waals surface area contributed by atoms with Crippen molar-refractivity contribution in [1.29, 1.82) is 0 Å². The van der Waals surface area contributed by atoms with E-state index in [2.05, 4.69) is 28.7 Å². The van der Waals surface area contributed by atoms with Crippen LogP contribution >= 0.6 is 0 Å². The Balaban J connectivity index is 1.47. The van der Waals surface area contributed by atoms with Crippen LogP contribution in [-0.4, -0.2) is 44.3 Å². The summed E-state index contributed by atoms with van der Waals surface area (Å²) in [4.78, 5) is 36.4. The number of esters is 1. The standard InChI is InChI=1S/C28H32N2O5/c1-3-4-5-17-26(31)29-18-11-10-16-25(27(32)34-2)30-28(33)35-19-24-22-14-8-6-12-20(22)21-13-7-9-15-23(21)24/h1,6-9,12-15,24-25H,4-5,10-11,16-19H2,2H3,(H,29,31)(H,30,33). The first-order chi connectivity index (χ1) is 17.0. The minimum atomic E-state index is -0.818. The van der Waals surface area contributed by atoms with E-state index in [-0.39, 0.29) is 18.4 Å². The predicted octanol–water partition coefficient (Wildman–Crippen LogP) is 4.16. The van der Waals surface area contributed by atoms with Gasteiger partial charge in [0.25, 0.3) is 0 Å². The maximum Gasteiger partial charge on any atom is 0.407 e. The number of hydrogen-bond donors (Lipinski definition) is 2. The van der Waals surface area contributed by atoms with Crippen molar-refractivity contribution >= 4 is 18.0 Å². The highest BCUT2D eigenvalue weighted by molar-refractivity contribution is 5.82. The fourth-order valence-electron chi connectivity index (χ4n) is 4.31. The molecule has 35 heavy (non-hydrogen) atoms. The van der Waals surface area contributed by atoms with E-state index in [0.29, 0.717) is 45.1 Å². The average Bonchev–Trinajstić information content (AvgIpc) is 3.20. The third kappa shape index (κ3) is 7.10. The van der Waals surface area contributed by atoms with Gasteiger partial charge in [-0.05, 0) is 47.9 Å². The summed E-state index contributed by atoms with van der Waals surface area (Å²) in [6.07, 6.45) is 7.83. The van der Waals surface area contributed by atoms with Crippen LogP contribution < -0.4 is 10.6 Å². The Hall–Kier alpha value is -3.79. The van der Waals surface area contributed by atoms with Gasteiger partial charge in [-0.15, -0.1) is 12.3 Å². The molecule has 7 nitrogen and oxygen atoms in total. The fourth-order valence-corrected chi connectivity index (χ4v) is 4.31. The summed E-state index contributed by atoms with van der Waals surface area (Å²) in [6, 6.07) is 15.4. The second-order valence-corrected chi connectivity index (χ2v) is 8.45. The van der Waals surface area contributed by atoms with E-state index in [4.69, 9.17) is 15.9 Å². The highest BCUT2D eigenvalue weighted by Gasteiger charge is 2.29. The maximum atomic E-state index is 12.5. The van der Waals surface area contributed by atoms with E-state index in [1.54, 1.807) is 0 Å². The van der Waals surface area contributed by atoms with Crippen molar-refractivity contribution in [2.24, 2.45) is 0 Å². The molecule has 2 aromatic rings. The van der Waals surface area contributed by atoms with Gasteiger partial charge in [-0.3, -0.25) is 4.79 Å². The number of terminal acetylenes is 1. The van der Waals surface area contributed by atoms with Crippen LogP contribution in [0.3, 0.4) is 0 Å². The van der Waals surface area contributed by atoms with Gasteiger partial charge in [0.2, 0.25) is 5.91 Å². The van der Waals surface area contributed by atoms with E-state index >= 15 is 0 Å². The second kappa shape index (κ2) is 13.2. The van der Waals surface area contributed by atoms with E-state index in [9.17, 15) is 14.4 Å². The summed E-state index contributed by atoms with van der Waals surface area (Å²) < 4.78 is 10.4. The van der Waals surface area contributed by atoms with E-state index in [1.165, 1.54) is 7.11 Å². The highest BCUT2D eigenvalue weighted by atomic mass is 16.6. The van der Waals surface area contributed by atoms with Crippen molar-refractivity contribution in [1.82, 2.24) is 10.6 Å². The molecule has 1 unspecified atom stereocenters. The van der Waals surface area contributed by atoms with Crippen LogP contribution in [0.5, 0.6) is 0 Å². The Morgan fingerprint density at radius 3 is 2.29 bits per heavy atom. The third-order valence-electron chi connectivity index (χ3n) is 6.09. The lowest BCUT2D eigenvalue weighted by molar-refractivity contribution is -0.143. The molecule has 0 saturated carbocycles. The van der Waals surface area contributed by atoms with Gasteiger partial charge in [0.1, 0.15) is 12.6 Å². The molecule has 0 saturated heterocycles. The third-order valence-corrected chi connectivity index (χ3v) is 6.09. The number of unbranched alkanes of at least 4 members (excludes halogenated alkanes) is 2. The Morgan fingerprint density at radius 1 is 1.00 bits per heavy atom. The number of ether oxygens (including phenoxy) is 2. The molecule has 0 aliphatic heterocycles. The molecule has 0 radical (unpaired) electrons. The molecule has 1 atom stereocenters. The molecule has 2 N–H and O–H groups in total. The summed E-state index contributed by atoms with van der Waals surface area (Å²) >= 11 is 0. The minimum Gasteiger partial charge on any atom is -0.467 e. The molecule has 3 rings (SSSR count). The lowest BCUT2D eigenvalue weighted by atomic mass is 9.98. The first-order valence-electron chi connectivity index (χ1n) is 11.9.